The van der Waals surface area contributed by atoms with Gasteiger partial charge in [-0.2, -0.15) is 0 Å². The Labute approximate surface area is 169 Å². The lowest BCUT2D eigenvalue weighted by atomic mass is 10.1. The molecule has 3 aromatic rings. The lowest BCUT2D eigenvalue weighted by Crippen LogP contribution is -2.26. The molecule has 0 fully saturated rings. The third-order valence-corrected chi connectivity index (χ3v) is 6.25. The van der Waals surface area contributed by atoms with Crippen LogP contribution in [0.4, 0.5) is 11.4 Å². The Morgan fingerprint density at radius 3 is 2.14 bits per heavy atom. The number of carbonyl (C=O) groups excluding carboxylic acids is 1. The van der Waals surface area contributed by atoms with E-state index in [1.54, 1.807) is 60.7 Å². The van der Waals surface area contributed by atoms with Gasteiger partial charge in [0.05, 0.1) is 17.0 Å². The molecule has 144 valence electrons. The van der Waals surface area contributed by atoms with E-state index in [0.29, 0.717) is 16.4 Å². The minimum Gasteiger partial charge on any atom is -0.326 e. The van der Waals surface area contributed by atoms with Crippen molar-refractivity contribution in [2.45, 2.75) is 11.3 Å². The summed E-state index contributed by atoms with van der Waals surface area (Å²) in [4.78, 5) is 12.3. The summed E-state index contributed by atoms with van der Waals surface area (Å²) in [6.45, 7) is 0. The first-order chi connectivity index (χ1) is 13.4. The fraction of sp³-hybridized carbons (Fsp3) is 0.0952. The highest BCUT2D eigenvalue weighted by Crippen LogP contribution is 2.23. The van der Waals surface area contributed by atoms with Crippen LogP contribution in [0, 0.1) is 0 Å². The summed E-state index contributed by atoms with van der Waals surface area (Å²) in [5.41, 5.74) is 1.94. The number of nitrogens with one attached hydrogen (secondary N) is 1. The van der Waals surface area contributed by atoms with Gasteiger partial charge in [0.1, 0.15) is 0 Å². The number of para-hydroxylation sites is 1. The minimum absolute atomic E-state index is 0.148. The Morgan fingerprint density at radius 2 is 1.54 bits per heavy atom. The SMILES string of the molecule is CN(c1ccccc1)S(=O)(=O)c1ccc(NC(=O)Cc2ccc(Cl)cc2)cc1. The zero-order valence-electron chi connectivity index (χ0n) is 15.2. The number of halogens is 1. The molecule has 0 bridgehead atoms. The number of anilines is 2. The maximum absolute atomic E-state index is 12.8. The highest BCUT2D eigenvalue weighted by molar-refractivity contribution is 7.92. The zero-order valence-corrected chi connectivity index (χ0v) is 16.7. The van der Waals surface area contributed by atoms with Crippen LogP contribution < -0.4 is 9.62 Å². The van der Waals surface area contributed by atoms with Gasteiger partial charge in [-0.3, -0.25) is 9.10 Å². The minimum atomic E-state index is -3.68. The molecular formula is C21H19ClN2O3S. The first-order valence-electron chi connectivity index (χ1n) is 8.54. The van der Waals surface area contributed by atoms with E-state index < -0.39 is 10.0 Å². The molecule has 0 aromatic heterocycles. The molecule has 0 saturated heterocycles. The molecule has 0 saturated carbocycles. The molecule has 1 amide bonds. The Hall–Kier alpha value is -2.83. The first-order valence-corrected chi connectivity index (χ1v) is 10.4. The molecule has 28 heavy (non-hydrogen) atoms. The van der Waals surface area contributed by atoms with Gasteiger partial charge in [0, 0.05) is 17.8 Å². The molecule has 7 heteroatoms. The molecule has 0 spiro atoms. The van der Waals surface area contributed by atoms with Gasteiger partial charge in [0.2, 0.25) is 5.91 Å². The van der Waals surface area contributed by atoms with E-state index in [9.17, 15) is 13.2 Å². The van der Waals surface area contributed by atoms with Crippen LogP contribution in [0.1, 0.15) is 5.56 Å². The van der Waals surface area contributed by atoms with Crippen molar-refractivity contribution in [1.82, 2.24) is 0 Å². The van der Waals surface area contributed by atoms with Crippen LogP contribution in [0.3, 0.4) is 0 Å². The second-order valence-electron chi connectivity index (χ2n) is 6.18. The molecule has 5 nitrogen and oxygen atoms in total. The standard InChI is InChI=1S/C21H19ClN2O3S/c1-24(19-5-3-2-4-6-19)28(26,27)20-13-11-18(12-14-20)23-21(25)15-16-7-9-17(22)10-8-16/h2-14H,15H2,1H3,(H,23,25). The van der Waals surface area contributed by atoms with E-state index in [1.165, 1.54) is 23.5 Å². The van der Waals surface area contributed by atoms with E-state index in [4.69, 9.17) is 11.6 Å². The van der Waals surface area contributed by atoms with E-state index in [-0.39, 0.29) is 17.2 Å². The number of sulfonamides is 1. The lowest BCUT2D eigenvalue weighted by Gasteiger charge is -2.19. The molecule has 3 aromatic carbocycles. The number of amides is 1. The second-order valence-corrected chi connectivity index (χ2v) is 8.59. The van der Waals surface area contributed by atoms with Crippen LogP contribution in [0.5, 0.6) is 0 Å². The molecule has 0 aliphatic rings. The summed E-state index contributed by atoms with van der Waals surface area (Å²) in [5.74, 6) is -0.195. The van der Waals surface area contributed by atoms with Gasteiger partial charge < -0.3 is 5.32 Å². The van der Waals surface area contributed by atoms with Crippen molar-refractivity contribution < 1.29 is 13.2 Å². The predicted octanol–water partition coefficient (Wildman–Crippen LogP) is 4.35. The van der Waals surface area contributed by atoms with Crippen LogP contribution >= 0.6 is 11.6 Å². The molecule has 0 aliphatic carbocycles. The number of benzene rings is 3. The van der Waals surface area contributed by atoms with Crippen LogP contribution in [0.25, 0.3) is 0 Å². The largest absolute Gasteiger partial charge is 0.326 e. The molecular weight excluding hydrogens is 396 g/mol. The zero-order chi connectivity index (χ0) is 20.1. The summed E-state index contributed by atoms with van der Waals surface area (Å²) in [6.07, 6.45) is 0.202. The third-order valence-electron chi connectivity index (χ3n) is 4.19. The number of nitrogens with zero attached hydrogens (tertiary/aromatic N) is 1. The highest BCUT2D eigenvalue weighted by Gasteiger charge is 2.21. The van der Waals surface area contributed by atoms with Crippen molar-refractivity contribution in [3.63, 3.8) is 0 Å². The molecule has 0 atom stereocenters. The van der Waals surface area contributed by atoms with E-state index in [2.05, 4.69) is 5.32 Å². The molecule has 1 N–H and O–H groups in total. The summed E-state index contributed by atoms with van der Waals surface area (Å²) in [7, 11) is -2.18. The number of hydrogen-bond acceptors (Lipinski definition) is 3. The number of hydrogen-bond donors (Lipinski definition) is 1. The summed E-state index contributed by atoms with van der Waals surface area (Å²) < 4.78 is 26.7. The fourth-order valence-electron chi connectivity index (χ4n) is 2.64. The fourth-order valence-corrected chi connectivity index (χ4v) is 3.96. The van der Waals surface area contributed by atoms with Gasteiger partial charge in [0.15, 0.2) is 0 Å². The Balaban J connectivity index is 1.69. The average molecular weight is 415 g/mol. The van der Waals surface area contributed by atoms with Crippen molar-refractivity contribution >= 4 is 38.9 Å². The smallest absolute Gasteiger partial charge is 0.264 e. The number of carbonyl (C=O) groups is 1. The summed E-state index contributed by atoms with van der Waals surface area (Å²) >= 11 is 5.84. The Kier molecular flexibility index (Phi) is 6.02. The van der Waals surface area contributed by atoms with Crippen molar-refractivity contribution in [3.05, 3.63) is 89.4 Å². The average Bonchev–Trinajstić information content (AvgIpc) is 2.70. The van der Waals surface area contributed by atoms with Crippen molar-refractivity contribution in [2.24, 2.45) is 0 Å². The van der Waals surface area contributed by atoms with Gasteiger partial charge in [-0.05, 0) is 54.1 Å². The molecule has 3 rings (SSSR count). The van der Waals surface area contributed by atoms with Crippen LogP contribution in [0.2, 0.25) is 5.02 Å². The maximum atomic E-state index is 12.8. The monoisotopic (exact) mass is 414 g/mol. The third kappa shape index (κ3) is 4.71. The van der Waals surface area contributed by atoms with Gasteiger partial charge in [-0.15, -0.1) is 0 Å². The Bertz CT molecular complexity index is 1050. The summed E-state index contributed by atoms with van der Waals surface area (Å²) in [5, 5.41) is 3.38. The van der Waals surface area contributed by atoms with E-state index in [1.807, 2.05) is 6.07 Å². The molecule has 0 aliphatic heterocycles. The van der Waals surface area contributed by atoms with Crippen LogP contribution in [-0.4, -0.2) is 21.4 Å². The quantitative estimate of drug-likeness (QED) is 0.652. The highest BCUT2D eigenvalue weighted by atomic mass is 35.5. The second kappa shape index (κ2) is 8.46. The van der Waals surface area contributed by atoms with Crippen molar-refractivity contribution in [1.29, 1.82) is 0 Å². The van der Waals surface area contributed by atoms with Gasteiger partial charge in [0.25, 0.3) is 10.0 Å². The molecule has 0 heterocycles. The van der Waals surface area contributed by atoms with Gasteiger partial charge in [-0.25, -0.2) is 8.42 Å². The van der Waals surface area contributed by atoms with Crippen LogP contribution in [-0.2, 0) is 21.2 Å². The topological polar surface area (TPSA) is 66.5 Å². The molecule has 0 unspecified atom stereocenters. The normalized spacial score (nSPS) is 11.1. The predicted molar refractivity (Wildman–Crippen MR) is 112 cm³/mol. The lowest BCUT2D eigenvalue weighted by molar-refractivity contribution is -0.115. The summed E-state index contributed by atoms with van der Waals surface area (Å²) in [6, 6.07) is 22.0. The Morgan fingerprint density at radius 1 is 0.929 bits per heavy atom. The number of rotatable bonds is 6. The van der Waals surface area contributed by atoms with Gasteiger partial charge in [-0.1, -0.05) is 41.9 Å². The first kappa shape index (κ1) is 19.9. The van der Waals surface area contributed by atoms with E-state index in [0.717, 1.165) is 5.56 Å². The van der Waals surface area contributed by atoms with Crippen LogP contribution in [0.15, 0.2) is 83.8 Å². The van der Waals surface area contributed by atoms with Crippen molar-refractivity contribution in [2.75, 3.05) is 16.7 Å². The van der Waals surface area contributed by atoms with E-state index >= 15 is 0 Å². The molecule has 0 radical (unpaired) electrons. The maximum Gasteiger partial charge on any atom is 0.264 e. The van der Waals surface area contributed by atoms with Crippen molar-refractivity contribution in [3.8, 4) is 0 Å². The van der Waals surface area contributed by atoms with Gasteiger partial charge >= 0.3 is 0 Å².